The van der Waals surface area contributed by atoms with Gasteiger partial charge < -0.3 is 9.05 Å². The van der Waals surface area contributed by atoms with Crippen LogP contribution in [0.2, 0.25) is 0 Å². The Kier molecular flexibility index (Phi) is 4.94. The molecule has 0 radical (unpaired) electrons. The Balaban J connectivity index is 3.00. The van der Waals surface area contributed by atoms with Crippen LogP contribution in [0.3, 0.4) is 0 Å². The molecule has 1 rings (SSSR count). The van der Waals surface area contributed by atoms with Crippen LogP contribution in [0.1, 0.15) is 18.4 Å². The first-order chi connectivity index (χ1) is 8.85. The molecule has 0 aliphatic heterocycles. The molecule has 0 bridgehead atoms. The molecule has 0 N–H and O–H groups in total. The molecule has 7 nitrogen and oxygen atoms in total. The Morgan fingerprint density at radius 1 is 1.26 bits per heavy atom. The van der Waals surface area contributed by atoms with Gasteiger partial charge in [-0.05, 0) is 5.56 Å². The second-order valence-electron chi connectivity index (χ2n) is 3.77. The largest absolute Gasteiger partial charge is 0.396 e. The lowest BCUT2D eigenvalue weighted by Crippen LogP contribution is -2.12. The highest BCUT2D eigenvalue weighted by Crippen LogP contribution is 2.51. The summed E-state index contributed by atoms with van der Waals surface area (Å²) in [6.45, 7) is 1.54. The second kappa shape index (κ2) is 6.06. The van der Waals surface area contributed by atoms with Gasteiger partial charge >= 0.3 is 7.60 Å². The van der Waals surface area contributed by atoms with Gasteiger partial charge in [-0.2, -0.15) is 0 Å². The summed E-state index contributed by atoms with van der Waals surface area (Å²) in [6, 6.07) is 5.44. The Hall–Kier alpha value is -1.56. The van der Waals surface area contributed by atoms with Gasteiger partial charge in [0.05, 0.1) is 10.8 Å². The summed E-state index contributed by atoms with van der Waals surface area (Å²) >= 11 is 0. The third-order valence-corrected chi connectivity index (χ3v) is 4.61. The van der Waals surface area contributed by atoms with E-state index in [0.717, 1.165) is 14.2 Å². The Morgan fingerprint density at radius 3 is 2.11 bits per heavy atom. The maximum atomic E-state index is 12.0. The fraction of sp³-hybridized carbons (Fsp3) is 0.364. The maximum absolute atomic E-state index is 12.0. The van der Waals surface area contributed by atoms with E-state index in [1.807, 2.05) is 0 Å². The van der Waals surface area contributed by atoms with Crippen molar-refractivity contribution >= 4 is 18.8 Å². The Morgan fingerprint density at radius 2 is 1.74 bits per heavy atom. The molecular formula is C11H14NO6P. The molecule has 0 fully saturated rings. The molecule has 0 aliphatic carbocycles. The van der Waals surface area contributed by atoms with Gasteiger partial charge in [0.15, 0.2) is 0 Å². The van der Waals surface area contributed by atoms with E-state index in [1.165, 1.54) is 31.2 Å². The van der Waals surface area contributed by atoms with Crippen molar-refractivity contribution in [1.82, 2.24) is 0 Å². The highest BCUT2D eigenvalue weighted by molar-refractivity contribution is 7.72. The summed E-state index contributed by atoms with van der Waals surface area (Å²) in [5, 5.41) is 10.5. The zero-order valence-corrected chi connectivity index (χ0v) is 11.6. The lowest BCUT2D eigenvalue weighted by atomic mass is 10.0. The lowest BCUT2D eigenvalue weighted by Gasteiger charge is -2.16. The van der Waals surface area contributed by atoms with Crippen LogP contribution in [0.5, 0.6) is 0 Å². The van der Waals surface area contributed by atoms with Crippen molar-refractivity contribution in [3.05, 3.63) is 39.9 Å². The average molecular weight is 287 g/mol. The summed E-state index contributed by atoms with van der Waals surface area (Å²) in [7, 11) is -1.54. The van der Waals surface area contributed by atoms with Crippen LogP contribution in [-0.4, -0.2) is 24.7 Å². The fourth-order valence-corrected chi connectivity index (χ4v) is 2.65. The van der Waals surface area contributed by atoms with Crippen LogP contribution in [0.15, 0.2) is 24.3 Å². The third kappa shape index (κ3) is 3.26. The first kappa shape index (κ1) is 15.5. The molecule has 0 amide bonds. The smallest absolute Gasteiger partial charge is 0.307 e. The summed E-state index contributed by atoms with van der Waals surface area (Å²) in [6.07, 6.45) is 0. The van der Waals surface area contributed by atoms with Gasteiger partial charge in [-0.15, -0.1) is 0 Å². The van der Waals surface area contributed by atoms with Crippen LogP contribution in [-0.2, 0) is 18.4 Å². The van der Waals surface area contributed by atoms with Crippen LogP contribution < -0.4 is 0 Å². The van der Waals surface area contributed by atoms with E-state index in [-0.39, 0.29) is 5.69 Å². The van der Waals surface area contributed by atoms with Crippen molar-refractivity contribution in [3.8, 4) is 0 Å². The molecule has 8 heteroatoms. The molecule has 0 heterocycles. The minimum atomic E-state index is -3.80. The molecule has 1 aromatic rings. The highest BCUT2D eigenvalue weighted by Gasteiger charge is 2.36. The lowest BCUT2D eigenvalue weighted by molar-refractivity contribution is -0.384. The molecule has 0 aromatic heterocycles. The van der Waals surface area contributed by atoms with Crippen molar-refractivity contribution in [2.45, 2.75) is 12.8 Å². The number of carbonyl (C=O) groups is 1. The van der Waals surface area contributed by atoms with Gasteiger partial charge in [-0.25, -0.2) is 0 Å². The summed E-state index contributed by atoms with van der Waals surface area (Å²) in [5.74, 6) is -0.744. The first-order valence-electron chi connectivity index (χ1n) is 5.36. The second-order valence-corrected chi connectivity index (χ2v) is 5.94. The minimum Gasteiger partial charge on any atom is -0.307 e. The number of benzene rings is 1. The zero-order chi connectivity index (χ0) is 14.6. The molecule has 1 aromatic carbocycles. The van der Waals surface area contributed by atoms with E-state index in [9.17, 15) is 19.5 Å². The number of nitrogens with zero attached hydrogens (tertiary/aromatic N) is 1. The first-order valence-corrected chi connectivity index (χ1v) is 6.90. The molecule has 0 aliphatic rings. The van der Waals surface area contributed by atoms with Crippen LogP contribution in [0.25, 0.3) is 0 Å². The average Bonchev–Trinajstić information content (AvgIpc) is 2.44. The van der Waals surface area contributed by atoms with E-state index in [4.69, 9.17) is 0 Å². The zero-order valence-electron chi connectivity index (χ0n) is 10.7. The SMILES string of the molecule is COP(=O)(OC)C(=O)[C@@H](C)c1ccc([N+](=O)[O-])cc1. The van der Waals surface area contributed by atoms with E-state index in [0.29, 0.717) is 5.56 Å². The predicted octanol–water partition coefficient (Wildman–Crippen LogP) is 2.71. The van der Waals surface area contributed by atoms with Gasteiger partial charge in [-0.3, -0.25) is 19.5 Å². The molecule has 0 saturated heterocycles. The van der Waals surface area contributed by atoms with Crippen molar-refractivity contribution in [2.24, 2.45) is 0 Å². The number of carbonyl (C=O) groups excluding carboxylic acids is 1. The Bertz CT molecular complexity index is 518. The fourth-order valence-electron chi connectivity index (χ4n) is 1.52. The minimum absolute atomic E-state index is 0.0786. The monoisotopic (exact) mass is 287 g/mol. The molecule has 0 saturated carbocycles. The van der Waals surface area contributed by atoms with E-state index < -0.39 is 24.0 Å². The third-order valence-electron chi connectivity index (χ3n) is 2.72. The maximum Gasteiger partial charge on any atom is 0.396 e. The van der Waals surface area contributed by atoms with E-state index in [1.54, 1.807) is 0 Å². The number of nitro benzene ring substituents is 1. The van der Waals surface area contributed by atoms with Crippen molar-refractivity contribution < 1.29 is 23.3 Å². The van der Waals surface area contributed by atoms with Gasteiger partial charge in [0, 0.05) is 26.4 Å². The van der Waals surface area contributed by atoms with Gasteiger partial charge in [0.25, 0.3) is 11.2 Å². The molecular weight excluding hydrogens is 273 g/mol. The van der Waals surface area contributed by atoms with E-state index in [2.05, 4.69) is 9.05 Å². The topological polar surface area (TPSA) is 95.7 Å². The summed E-state index contributed by atoms with van der Waals surface area (Å²) < 4.78 is 21.2. The molecule has 104 valence electrons. The number of rotatable bonds is 6. The number of hydrogen-bond acceptors (Lipinski definition) is 6. The standard InChI is InChI=1S/C11H14NO6P/c1-8(11(13)19(16,17-2)18-3)9-4-6-10(7-5-9)12(14)15/h4-8H,1-3H3/t8-/m0/s1. The summed E-state index contributed by atoms with van der Waals surface area (Å²) in [4.78, 5) is 22.0. The van der Waals surface area contributed by atoms with Crippen molar-refractivity contribution in [3.63, 3.8) is 0 Å². The highest BCUT2D eigenvalue weighted by atomic mass is 31.2. The quantitative estimate of drug-likeness (QED) is 0.453. The Labute approximate surface area is 110 Å². The summed E-state index contributed by atoms with van der Waals surface area (Å²) in [5.41, 5.74) is -0.263. The molecule has 0 unspecified atom stereocenters. The normalized spacial score (nSPS) is 13.0. The van der Waals surface area contributed by atoms with Crippen LogP contribution in [0.4, 0.5) is 5.69 Å². The van der Waals surface area contributed by atoms with Crippen LogP contribution in [0, 0.1) is 10.1 Å². The molecule has 0 spiro atoms. The number of non-ortho nitro benzene ring substituents is 1. The van der Waals surface area contributed by atoms with Crippen molar-refractivity contribution in [2.75, 3.05) is 14.2 Å². The van der Waals surface area contributed by atoms with Gasteiger partial charge in [0.2, 0.25) is 0 Å². The van der Waals surface area contributed by atoms with Gasteiger partial charge in [-0.1, -0.05) is 19.1 Å². The number of hydrogen-bond donors (Lipinski definition) is 0. The molecule has 1 atom stereocenters. The van der Waals surface area contributed by atoms with Gasteiger partial charge in [0.1, 0.15) is 0 Å². The van der Waals surface area contributed by atoms with Crippen molar-refractivity contribution in [1.29, 1.82) is 0 Å². The van der Waals surface area contributed by atoms with Crippen LogP contribution >= 0.6 is 7.60 Å². The predicted molar refractivity (Wildman–Crippen MR) is 68.1 cm³/mol. The van der Waals surface area contributed by atoms with E-state index >= 15 is 0 Å². The molecule has 19 heavy (non-hydrogen) atoms. The number of nitro groups is 1.